The molecule has 7 nitrogen and oxygen atoms in total. The zero-order valence-electron chi connectivity index (χ0n) is 9.85. The highest BCUT2D eigenvalue weighted by Crippen LogP contribution is 2.37. The zero-order chi connectivity index (χ0) is 14.7. The van der Waals surface area contributed by atoms with Crippen molar-refractivity contribution >= 4 is 28.7 Å². The van der Waals surface area contributed by atoms with Crippen LogP contribution in [0.15, 0.2) is 23.7 Å². The van der Waals surface area contributed by atoms with Crippen LogP contribution in [0.3, 0.4) is 0 Å². The summed E-state index contributed by atoms with van der Waals surface area (Å²) in [6, 6.07) is 4.13. The normalized spacial score (nSPS) is 11.1. The Hall–Kier alpha value is -2.92. The first kappa shape index (κ1) is 13.5. The summed E-state index contributed by atoms with van der Waals surface area (Å²) in [4.78, 5) is 13.9. The van der Waals surface area contributed by atoms with E-state index in [1.54, 1.807) is 5.38 Å². The fourth-order valence-corrected chi connectivity index (χ4v) is 2.12. The van der Waals surface area contributed by atoms with Crippen molar-refractivity contribution in [3.05, 3.63) is 44.4 Å². The number of allylic oxidation sites excluding steroid dienone is 1. The third kappa shape index (κ3) is 2.57. The Bertz CT molecular complexity index is 732. The van der Waals surface area contributed by atoms with Gasteiger partial charge in [0, 0.05) is 17.6 Å². The van der Waals surface area contributed by atoms with Gasteiger partial charge in [-0.1, -0.05) is 0 Å². The Morgan fingerprint density at radius 3 is 2.80 bits per heavy atom. The van der Waals surface area contributed by atoms with Crippen molar-refractivity contribution in [1.29, 1.82) is 5.26 Å². The Balaban J connectivity index is 2.54. The minimum atomic E-state index is -0.818. The molecule has 100 valence electrons. The number of hydrogen-bond acceptors (Lipinski definition) is 7. The average Bonchev–Trinajstić information content (AvgIpc) is 2.93. The molecule has 0 spiro atoms. The van der Waals surface area contributed by atoms with Crippen LogP contribution < -0.4 is 0 Å². The van der Waals surface area contributed by atoms with Crippen molar-refractivity contribution in [2.24, 2.45) is 0 Å². The van der Waals surface area contributed by atoms with E-state index in [1.807, 2.05) is 6.07 Å². The van der Waals surface area contributed by atoms with E-state index in [2.05, 4.69) is 4.98 Å². The molecule has 0 fully saturated rings. The fraction of sp³-hybridized carbons (Fsp3) is 0. The summed E-state index contributed by atoms with van der Waals surface area (Å²) in [6.45, 7) is 0. The van der Waals surface area contributed by atoms with Gasteiger partial charge in [-0.3, -0.25) is 10.1 Å². The molecule has 0 atom stereocenters. The molecule has 1 aromatic carbocycles. The van der Waals surface area contributed by atoms with Crippen LogP contribution >= 0.6 is 11.3 Å². The van der Waals surface area contributed by atoms with Gasteiger partial charge in [-0.2, -0.15) is 5.26 Å². The van der Waals surface area contributed by atoms with Crippen LogP contribution in [0, 0.1) is 21.4 Å². The number of aromatic nitrogens is 1. The summed E-state index contributed by atoms with van der Waals surface area (Å²) in [7, 11) is 0. The molecule has 0 aliphatic carbocycles. The van der Waals surface area contributed by atoms with Gasteiger partial charge in [0.05, 0.1) is 10.5 Å². The van der Waals surface area contributed by atoms with Crippen LogP contribution in [-0.2, 0) is 0 Å². The minimum absolute atomic E-state index is 0.208. The highest BCUT2D eigenvalue weighted by Gasteiger charge is 2.18. The number of phenols is 2. The van der Waals surface area contributed by atoms with E-state index in [9.17, 15) is 20.3 Å². The number of thiazole rings is 1. The number of nitrogens with zero attached hydrogens (tertiary/aromatic N) is 3. The zero-order valence-corrected chi connectivity index (χ0v) is 10.7. The quantitative estimate of drug-likeness (QED) is 0.387. The van der Waals surface area contributed by atoms with E-state index in [0.29, 0.717) is 5.01 Å². The van der Waals surface area contributed by atoms with E-state index in [-0.39, 0.29) is 11.1 Å². The number of rotatable bonds is 3. The van der Waals surface area contributed by atoms with Gasteiger partial charge >= 0.3 is 5.69 Å². The first-order valence-corrected chi connectivity index (χ1v) is 6.13. The summed E-state index contributed by atoms with van der Waals surface area (Å²) < 4.78 is 0. The maximum Gasteiger partial charge on any atom is 0.315 e. The first-order chi connectivity index (χ1) is 9.52. The summed E-state index contributed by atoms with van der Waals surface area (Å²) in [5.74, 6) is -1.43. The maximum atomic E-state index is 10.7. The predicted molar refractivity (Wildman–Crippen MR) is 72.0 cm³/mol. The van der Waals surface area contributed by atoms with Gasteiger partial charge in [0.2, 0.25) is 5.75 Å². The lowest BCUT2D eigenvalue weighted by Crippen LogP contribution is -1.90. The third-order valence-electron chi connectivity index (χ3n) is 2.38. The highest BCUT2D eigenvalue weighted by atomic mass is 32.1. The number of phenolic OH excluding ortho intramolecular Hbond substituents is 2. The molecule has 0 aliphatic rings. The molecule has 1 aromatic heterocycles. The summed E-state index contributed by atoms with van der Waals surface area (Å²) in [6.07, 6.45) is 2.88. The molecule has 2 N–H and O–H groups in total. The standard InChI is InChI=1S/C12H7N3O4S/c13-6-8(12-14-1-2-20-12)3-7-4-9(15(18)19)11(17)10(16)5-7/h1-5,16-17H/b8-3+. The summed E-state index contributed by atoms with van der Waals surface area (Å²) in [5.41, 5.74) is -0.203. The number of nitro groups is 1. The van der Waals surface area contributed by atoms with Crippen molar-refractivity contribution in [2.75, 3.05) is 0 Å². The van der Waals surface area contributed by atoms with Gasteiger partial charge in [0.25, 0.3) is 0 Å². The molecule has 2 aromatic rings. The number of nitro benzene ring substituents is 1. The van der Waals surface area contributed by atoms with E-state index >= 15 is 0 Å². The number of aromatic hydroxyl groups is 2. The largest absolute Gasteiger partial charge is 0.504 e. The van der Waals surface area contributed by atoms with Crippen molar-refractivity contribution in [1.82, 2.24) is 4.98 Å². The SMILES string of the molecule is N#C/C(=C\c1cc(O)c(O)c([N+](=O)[O-])c1)c1nccs1. The van der Waals surface area contributed by atoms with Crippen molar-refractivity contribution in [2.45, 2.75) is 0 Å². The topological polar surface area (TPSA) is 120 Å². The van der Waals surface area contributed by atoms with Gasteiger partial charge < -0.3 is 10.2 Å². The van der Waals surface area contributed by atoms with Crippen LogP contribution in [0.25, 0.3) is 11.6 Å². The fourth-order valence-electron chi connectivity index (χ4n) is 1.51. The van der Waals surface area contributed by atoms with Crippen LogP contribution in [0.1, 0.15) is 10.6 Å². The Morgan fingerprint density at radius 1 is 1.50 bits per heavy atom. The first-order valence-electron chi connectivity index (χ1n) is 5.25. The molecular weight excluding hydrogens is 282 g/mol. The van der Waals surface area contributed by atoms with Gasteiger partial charge in [0.15, 0.2) is 5.75 Å². The minimum Gasteiger partial charge on any atom is -0.504 e. The van der Waals surface area contributed by atoms with Crippen LogP contribution in [0.5, 0.6) is 11.5 Å². The van der Waals surface area contributed by atoms with E-state index in [4.69, 9.17) is 5.26 Å². The van der Waals surface area contributed by atoms with E-state index in [1.165, 1.54) is 23.6 Å². The lowest BCUT2D eigenvalue weighted by Gasteiger charge is -2.01. The smallest absolute Gasteiger partial charge is 0.315 e. The predicted octanol–water partition coefficient (Wildman–Crippen LogP) is 2.53. The second kappa shape index (κ2) is 5.38. The third-order valence-corrected chi connectivity index (χ3v) is 3.19. The van der Waals surface area contributed by atoms with Gasteiger partial charge in [0.1, 0.15) is 11.1 Å². The Labute approximate surface area is 116 Å². The molecule has 0 saturated carbocycles. The second-order valence-electron chi connectivity index (χ2n) is 3.67. The molecule has 0 saturated heterocycles. The number of benzene rings is 1. The van der Waals surface area contributed by atoms with Crippen LogP contribution in [-0.4, -0.2) is 20.1 Å². The lowest BCUT2D eigenvalue weighted by atomic mass is 10.1. The monoisotopic (exact) mass is 289 g/mol. The Morgan fingerprint density at radius 2 is 2.25 bits per heavy atom. The summed E-state index contributed by atoms with van der Waals surface area (Å²) in [5, 5.41) is 40.8. The van der Waals surface area contributed by atoms with Crippen LogP contribution in [0.4, 0.5) is 5.69 Å². The van der Waals surface area contributed by atoms with Crippen LogP contribution in [0.2, 0.25) is 0 Å². The van der Waals surface area contributed by atoms with Gasteiger partial charge in [-0.05, 0) is 17.7 Å². The average molecular weight is 289 g/mol. The molecule has 0 radical (unpaired) electrons. The van der Waals surface area contributed by atoms with E-state index in [0.717, 1.165) is 12.1 Å². The molecule has 0 amide bonds. The molecule has 8 heteroatoms. The number of hydrogen-bond donors (Lipinski definition) is 2. The second-order valence-corrected chi connectivity index (χ2v) is 4.57. The maximum absolute atomic E-state index is 10.7. The van der Waals surface area contributed by atoms with E-state index < -0.39 is 22.1 Å². The lowest BCUT2D eigenvalue weighted by molar-refractivity contribution is -0.386. The molecule has 2 rings (SSSR count). The molecule has 0 unspecified atom stereocenters. The van der Waals surface area contributed by atoms with Gasteiger partial charge in [-0.15, -0.1) is 11.3 Å². The van der Waals surface area contributed by atoms with Gasteiger partial charge in [-0.25, -0.2) is 4.98 Å². The summed E-state index contributed by atoms with van der Waals surface area (Å²) >= 11 is 1.25. The highest BCUT2D eigenvalue weighted by molar-refractivity contribution is 7.10. The van der Waals surface area contributed by atoms with Crippen molar-refractivity contribution in [3.63, 3.8) is 0 Å². The van der Waals surface area contributed by atoms with Crippen molar-refractivity contribution < 1.29 is 15.1 Å². The van der Waals surface area contributed by atoms with Crippen molar-refractivity contribution in [3.8, 4) is 17.6 Å². The molecular formula is C12H7N3O4S. The number of nitriles is 1. The molecule has 0 bridgehead atoms. The molecule has 20 heavy (non-hydrogen) atoms. The molecule has 0 aliphatic heterocycles. The Kier molecular flexibility index (Phi) is 3.63. The molecule has 1 heterocycles.